The number of pyridine rings is 1. The fourth-order valence-corrected chi connectivity index (χ4v) is 8.33. The van der Waals surface area contributed by atoms with E-state index in [-0.39, 0.29) is 6.61 Å². The number of rotatable bonds is 27. The van der Waals surface area contributed by atoms with E-state index in [1.807, 2.05) is 6.20 Å². The first-order chi connectivity index (χ1) is 31.0. The lowest BCUT2D eigenvalue weighted by Gasteiger charge is -2.36. The first-order valence-corrected chi connectivity index (χ1v) is 22.6. The van der Waals surface area contributed by atoms with Crippen LogP contribution in [0.5, 0.6) is 5.75 Å². The zero-order chi connectivity index (χ0) is 45.5. The van der Waals surface area contributed by atoms with E-state index in [0.717, 1.165) is 57.0 Å². The summed E-state index contributed by atoms with van der Waals surface area (Å²) in [7, 11) is 10.4. The van der Waals surface area contributed by atoms with E-state index in [1.165, 1.54) is 38.9 Å². The quantitative estimate of drug-likeness (QED) is 0.0405. The second-order valence-corrected chi connectivity index (χ2v) is 17.3. The zero-order valence-electron chi connectivity index (χ0n) is 39.4. The minimum Gasteiger partial charge on any atom is -0.489 e. The van der Waals surface area contributed by atoms with Crippen LogP contribution in [-0.2, 0) is 47.0 Å². The standard InChI is InChI=1S/C53H70N3O8/c1-9-56(6,7)37-43-33-44(14-12-42(43)38-63-29-28-61-25-24-59-21-20-57)53(45-15-19-52(51(35-45)55(4)5)64-31-30-62-27-26-60-23-22-58-8)48-32-39(2)10-16-46(48)47-17-13-41(34-49(47)53)50-18-11-40(3)36-54-50/h10-19,32-36,57H,9,20-31,37-38H2,1-8H3/q+1. The Morgan fingerprint density at radius 2 is 1.23 bits per heavy atom. The molecule has 0 amide bonds. The molecule has 64 heavy (non-hydrogen) atoms. The summed E-state index contributed by atoms with van der Waals surface area (Å²) >= 11 is 0. The van der Waals surface area contributed by atoms with Gasteiger partial charge in [0, 0.05) is 38.5 Å². The number of hydrogen-bond donors (Lipinski definition) is 1. The zero-order valence-corrected chi connectivity index (χ0v) is 39.4. The molecule has 0 aliphatic heterocycles. The molecule has 1 N–H and O–H groups in total. The number of aliphatic hydroxyl groups is 1. The molecule has 0 bridgehead atoms. The summed E-state index contributed by atoms with van der Waals surface area (Å²) in [6.07, 6.45) is 1.94. The number of quaternary nitrogens is 1. The van der Waals surface area contributed by atoms with Crippen LogP contribution in [0.15, 0.2) is 91.1 Å². The number of fused-ring (bicyclic) bond motifs is 3. The van der Waals surface area contributed by atoms with Crippen LogP contribution in [0, 0.1) is 13.8 Å². The Balaban J connectivity index is 1.45. The molecule has 0 saturated carbocycles. The van der Waals surface area contributed by atoms with E-state index in [1.54, 1.807) is 7.11 Å². The molecule has 1 atom stereocenters. The molecule has 1 heterocycles. The van der Waals surface area contributed by atoms with Gasteiger partial charge >= 0.3 is 0 Å². The van der Waals surface area contributed by atoms with Crippen molar-refractivity contribution in [3.63, 3.8) is 0 Å². The van der Waals surface area contributed by atoms with Gasteiger partial charge in [-0.05, 0) is 95.6 Å². The van der Waals surface area contributed by atoms with Gasteiger partial charge in [0.15, 0.2) is 0 Å². The van der Waals surface area contributed by atoms with Gasteiger partial charge in [-0.3, -0.25) is 4.98 Å². The number of benzene rings is 4. The van der Waals surface area contributed by atoms with Gasteiger partial charge < -0.3 is 47.6 Å². The Labute approximate surface area is 381 Å². The Kier molecular flexibility index (Phi) is 17.9. The topological polar surface area (TPSA) is 101 Å². The summed E-state index contributed by atoms with van der Waals surface area (Å²) in [6.45, 7) is 13.9. The van der Waals surface area contributed by atoms with E-state index in [0.29, 0.717) is 79.3 Å². The molecule has 5 aromatic rings. The highest BCUT2D eigenvalue weighted by Crippen LogP contribution is 2.58. The van der Waals surface area contributed by atoms with Crippen LogP contribution >= 0.6 is 0 Å². The van der Waals surface area contributed by atoms with Crippen LogP contribution < -0.4 is 9.64 Å². The van der Waals surface area contributed by atoms with Gasteiger partial charge in [0.05, 0.1) is 117 Å². The van der Waals surface area contributed by atoms with Crippen LogP contribution in [0.1, 0.15) is 51.4 Å². The lowest BCUT2D eigenvalue weighted by atomic mass is 9.66. The van der Waals surface area contributed by atoms with E-state index in [2.05, 4.69) is 139 Å². The molecule has 0 saturated heterocycles. The molecule has 11 heteroatoms. The number of methoxy groups -OCH3 is 1. The predicted molar refractivity (Wildman–Crippen MR) is 255 cm³/mol. The van der Waals surface area contributed by atoms with Gasteiger partial charge in [0.1, 0.15) is 18.9 Å². The largest absolute Gasteiger partial charge is 0.489 e. The van der Waals surface area contributed by atoms with Gasteiger partial charge in [-0.25, -0.2) is 0 Å². The van der Waals surface area contributed by atoms with Crippen molar-refractivity contribution in [2.75, 3.05) is 126 Å². The van der Waals surface area contributed by atoms with Crippen molar-refractivity contribution in [2.45, 2.75) is 39.3 Å². The molecule has 344 valence electrons. The SMILES string of the molecule is CC[N+](C)(C)Cc1cc(C2(c3ccc(OCCOCCOCCOC)c(N(C)C)c3)c3cc(C)ccc3-c3ccc(-c4ccc(C)cn4)cc32)ccc1COCCOCCOCCO. The second-order valence-electron chi connectivity index (χ2n) is 17.3. The highest BCUT2D eigenvalue weighted by Gasteiger charge is 2.47. The van der Waals surface area contributed by atoms with Crippen molar-refractivity contribution in [2.24, 2.45) is 0 Å². The highest BCUT2D eigenvalue weighted by atomic mass is 16.6. The van der Waals surface area contributed by atoms with Crippen molar-refractivity contribution in [3.05, 3.63) is 136 Å². The average Bonchev–Trinajstić information content (AvgIpc) is 3.57. The van der Waals surface area contributed by atoms with Crippen molar-refractivity contribution in [3.8, 4) is 28.1 Å². The second kappa shape index (κ2) is 23.5. The van der Waals surface area contributed by atoms with Crippen LogP contribution in [0.3, 0.4) is 0 Å². The van der Waals surface area contributed by atoms with Gasteiger partial charge in [-0.2, -0.15) is 0 Å². The Hall–Kier alpha value is -4.69. The molecule has 4 aromatic carbocycles. The highest BCUT2D eigenvalue weighted by molar-refractivity contribution is 5.89. The number of aromatic nitrogens is 1. The third kappa shape index (κ3) is 12.0. The number of nitrogens with zero attached hydrogens (tertiary/aromatic N) is 3. The number of ether oxygens (including phenoxy) is 7. The molecule has 0 radical (unpaired) electrons. The molecule has 6 rings (SSSR count). The van der Waals surface area contributed by atoms with E-state index >= 15 is 0 Å². The van der Waals surface area contributed by atoms with Gasteiger partial charge in [-0.1, -0.05) is 60.2 Å². The Bertz CT molecular complexity index is 2240. The smallest absolute Gasteiger partial charge is 0.142 e. The maximum absolute atomic E-state index is 8.97. The fourth-order valence-electron chi connectivity index (χ4n) is 8.33. The minimum absolute atomic E-state index is 0.00608. The maximum atomic E-state index is 8.97. The van der Waals surface area contributed by atoms with E-state index in [9.17, 15) is 0 Å². The van der Waals surface area contributed by atoms with Crippen LogP contribution in [0.25, 0.3) is 22.4 Å². The Morgan fingerprint density at radius 3 is 1.89 bits per heavy atom. The van der Waals surface area contributed by atoms with Gasteiger partial charge in [-0.15, -0.1) is 0 Å². The number of aryl methyl sites for hydroxylation is 2. The van der Waals surface area contributed by atoms with Crippen molar-refractivity contribution < 1.29 is 42.7 Å². The van der Waals surface area contributed by atoms with Gasteiger partial charge in [0.25, 0.3) is 0 Å². The fraction of sp³-hybridized carbons (Fsp3) is 0.453. The molecule has 11 nitrogen and oxygen atoms in total. The molecule has 1 aliphatic rings. The monoisotopic (exact) mass is 877 g/mol. The molecular formula is C53H70N3O8+. The number of hydrogen-bond acceptors (Lipinski definition) is 10. The maximum Gasteiger partial charge on any atom is 0.142 e. The van der Waals surface area contributed by atoms with Crippen LogP contribution in [-0.4, -0.2) is 136 Å². The van der Waals surface area contributed by atoms with Crippen molar-refractivity contribution in [1.29, 1.82) is 0 Å². The van der Waals surface area contributed by atoms with Crippen molar-refractivity contribution in [1.82, 2.24) is 4.98 Å². The lowest BCUT2D eigenvalue weighted by Crippen LogP contribution is -2.38. The summed E-state index contributed by atoms with van der Waals surface area (Å²) < 4.78 is 41.1. The van der Waals surface area contributed by atoms with E-state index < -0.39 is 5.41 Å². The third-order valence-electron chi connectivity index (χ3n) is 12.0. The first kappa shape index (κ1) is 48.8. The molecular weight excluding hydrogens is 807 g/mol. The summed E-state index contributed by atoms with van der Waals surface area (Å²) in [6, 6.07) is 31.7. The predicted octanol–water partition coefficient (Wildman–Crippen LogP) is 7.99. The first-order valence-electron chi connectivity index (χ1n) is 22.6. The Morgan fingerprint density at radius 1 is 0.625 bits per heavy atom. The van der Waals surface area contributed by atoms with Crippen LogP contribution in [0.4, 0.5) is 5.69 Å². The molecule has 1 aromatic heterocycles. The molecule has 1 unspecified atom stereocenters. The summed E-state index contributed by atoms with van der Waals surface area (Å²) in [4.78, 5) is 7.03. The van der Waals surface area contributed by atoms with E-state index in [4.69, 9.17) is 43.2 Å². The lowest BCUT2D eigenvalue weighted by molar-refractivity contribution is -0.901. The summed E-state index contributed by atoms with van der Waals surface area (Å²) in [5.74, 6) is 0.793. The average molecular weight is 877 g/mol. The van der Waals surface area contributed by atoms with Gasteiger partial charge in [0.2, 0.25) is 0 Å². The number of aliphatic hydroxyl groups excluding tert-OH is 1. The minimum atomic E-state index is -0.698. The third-order valence-corrected chi connectivity index (χ3v) is 12.0. The van der Waals surface area contributed by atoms with Crippen LogP contribution in [0.2, 0.25) is 0 Å². The normalized spacial score (nSPS) is 14.5. The van der Waals surface area contributed by atoms with Crippen molar-refractivity contribution >= 4 is 5.69 Å². The molecule has 0 spiro atoms. The molecule has 1 aliphatic carbocycles. The summed E-state index contributed by atoms with van der Waals surface area (Å²) in [5, 5.41) is 8.97. The molecule has 0 fully saturated rings. The number of anilines is 1. The summed E-state index contributed by atoms with van der Waals surface area (Å²) in [5.41, 5.74) is 14.2.